The molecule has 7 aromatic rings. The number of aromatic nitrogens is 3. The molecule has 0 spiro atoms. The summed E-state index contributed by atoms with van der Waals surface area (Å²) in [6.07, 6.45) is 14.1. The van der Waals surface area contributed by atoms with Crippen LogP contribution >= 0.6 is 0 Å². The third kappa shape index (κ3) is 2.97. The molecule has 0 N–H and O–H groups in total. The molecule has 0 amide bonds. The maximum absolute atomic E-state index is 6.56. The first-order valence-corrected chi connectivity index (χ1v) is 13.3. The third-order valence-electron chi connectivity index (χ3n) is 8.05. The molecule has 4 nitrogen and oxygen atoms in total. The minimum atomic E-state index is 0.815. The zero-order chi connectivity index (χ0) is 26.1. The Bertz CT molecular complexity index is 2110. The van der Waals surface area contributed by atoms with Crippen LogP contribution in [0.2, 0.25) is 0 Å². The molecule has 1 aliphatic rings. The van der Waals surface area contributed by atoms with Crippen molar-refractivity contribution in [3.63, 3.8) is 0 Å². The number of para-hydroxylation sites is 2. The highest BCUT2D eigenvalue weighted by molar-refractivity contribution is 6.11. The Morgan fingerprint density at radius 1 is 0.795 bits per heavy atom. The molecular formula is C35H25N3O. The van der Waals surface area contributed by atoms with Gasteiger partial charge in [0, 0.05) is 44.7 Å². The van der Waals surface area contributed by atoms with Crippen molar-refractivity contribution in [2.75, 3.05) is 0 Å². The normalized spacial score (nSPS) is 13.0. The van der Waals surface area contributed by atoms with Gasteiger partial charge in [-0.1, -0.05) is 61.7 Å². The summed E-state index contributed by atoms with van der Waals surface area (Å²) in [4.78, 5) is 4.69. The van der Waals surface area contributed by atoms with E-state index in [9.17, 15) is 0 Å². The summed E-state index contributed by atoms with van der Waals surface area (Å²) in [5.41, 5.74) is 10.6. The van der Waals surface area contributed by atoms with Gasteiger partial charge in [0.1, 0.15) is 11.3 Å². The zero-order valence-electron chi connectivity index (χ0n) is 21.4. The van der Waals surface area contributed by atoms with E-state index in [1.54, 1.807) is 0 Å². The zero-order valence-corrected chi connectivity index (χ0v) is 21.4. The van der Waals surface area contributed by atoms with Crippen molar-refractivity contribution in [2.45, 2.75) is 12.8 Å². The fourth-order valence-electron chi connectivity index (χ4n) is 6.39. The molecular weight excluding hydrogens is 478 g/mol. The summed E-state index contributed by atoms with van der Waals surface area (Å²) in [6.45, 7) is 8.24. The lowest BCUT2D eigenvalue weighted by Gasteiger charge is -2.12. The molecule has 186 valence electrons. The summed E-state index contributed by atoms with van der Waals surface area (Å²) < 4.78 is 11.1. The number of hydrogen-bond donors (Lipinski definition) is 0. The van der Waals surface area contributed by atoms with Gasteiger partial charge >= 0.3 is 0 Å². The summed E-state index contributed by atoms with van der Waals surface area (Å²) >= 11 is 0. The number of furan rings is 1. The van der Waals surface area contributed by atoms with Crippen molar-refractivity contribution in [2.24, 2.45) is 0 Å². The number of hydrogen-bond acceptors (Lipinski definition) is 2. The fourth-order valence-corrected chi connectivity index (χ4v) is 6.39. The summed E-state index contributed by atoms with van der Waals surface area (Å²) in [5.74, 6) is 0. The minimum Gasteiger partial charge on any atom is -0.454 e. The van der Waals surface area contributed by atoms with Crippen LogP contribution in [0.15, 0.2) is 103 Å². The van der Waals surface area contributed by atoms with Gasteiger partial charge in [0.15, 0.2) is 5.58 Å². The molecule has 4 heterocycles. The van der Waals surface area contributed by atoms with Crippen LogP contribution in [0, 0.1) is 0 Å². The SMILES string of the molecule is C=Cc1c2c(n(-c3cncc4c3oc3ccc(-n5c6ccccc6c6ccccc65)cc34)c1C=C)C=CCC2. The second-order valence-corrected chi connectivity index (χ2v) is 10.0. The lowest BCUT2D eigenvalue weighted by molar-refractivity contribution is 0.664. The first kappa shape index (κ1) is 21.9. The standard InChI is InChI=1S/C35H25N3O/c1-3-23-24-11-5-10-16-32(24)38(29(23)4-2)33-21-36-20-28-27-19-22(17-18-34(27)39-35(28)33)37-30-14-8-6-12-25(30)26-13-7-9-15-31(26)37/h3-4,6-10,12-21H,1-2,5,11H2. The molecule has 39 heavy (non-hydrogen) atoms. The fraction of sp³-hybridized carbons (Fsp3) is 0.0571. The van der Waals surface area contributed by atoms with Gasteiger partial charge in [0.05, 0.1) is 22.9 Å². The van der Waals surface area contributed by atoms with Gasteiger partial charge in [-0.2, -0.15) is 0 Å². The molecule has 0 atom stereocenters. The molecule has 0 bridgehead atoms. The summed E-state index contributed by atoms with van der Waals surface area (Å²) in [7, 11) is 0. The molecule has 0 aliphatic heterocycles. The van der Waals surface area contributed by atoms with Gasteiger partial charge in [-0.15, -0.1) is 0 Å². The molecule has 0 saturated carbocycles. The Labute approximate surface area is 225 Å². The van der Waals surface area contributed by atoms with Crippen molar-refractivity contribution in [1.82, 2.24) is 14.1 Å². The van der Waals surface area contributed by atoms with Gasteiger partial charge in [0.2, 0.25) is 0 Å². The highest BCUT2D eigenvalue weighted by Crippen LogP contribution is 2.39. The molecule has 1 aliphatic carbocycles. The highest BCUT2D eigenvalue weighted by Gasteiger charge is 2.24. The third-order valence-corrected chi connectivity index (χ3v) is 8.05. The molecule has 4 aromatic heterocycles. The number of pyridine rings is 1. The van der Waals surface area contributed by atoms with Crippen LogP contribution in [0.4, 0.5) is 0 Å². The highest BCUT2D eigenvalue weighted by atomic mass is 16.3. The first-order chi connectivity index (χ1) is 19.3. The van der Waals surface area contributed by atoms with E-state index in [1.165, 1.54) is 27.4 Å². The monoisotopic (exact) mass is 503 g/mol. The molecule has 0 unspecified atom stereocenters. The van der Waals surface area contributed by atoms with E-state index in [-0.39, 0.29) is 0 Å². The number of allylic oxidation sites excluding steroid dienone is 1. The Morgan fingerprint density at radius 2 is 1.56 bits per heavy atom. The Balaban J connectivity index is 1.41. The van der Waals surface area contributed by atoms with Crippen molar-refractivity contribution in [1.29, 1.82) is 0 Å². The van der Waals surface area contributed by atoms with Gasteiger partial charge in [-0.25, -0.2) is 0 Å². The van der Waals surface area contributed by atoms with E-state index in [0.717, 1.165) is 63.1 Å². The average Bonchev–Trinajstić information content (AvgIpc) is 3.64. The van der Waals surface area contributed by atoms with E-state index >= 15 is 0 Å². The molecule has 0 fully saturated rings. The van der Waals surface area contributed by atoms with Gasteiger partial charge < -0.3 is 13.6 Å². The van der Waals surface area contributed by atoms with Crippen molar-refractivity contribution in [3.8, 4) is 11.4 Å². The first-order valence-electron chi connectivity index (χ1n) is 13.3. The van der Waals surface area contributed by atoms with Crippen molar-refractivity contribution in [3.05, 3.63) is 121 Å². The van der Waals surface area contributed by atoms with E-state index in [4.69, 9.17) is 9.40 Å². The maximum Gasteiger partial charge on any atom is 0.162 e. The minimum absolute atomic E-state index is 0.815. The Morgan fingerprint density at radius 3 is 2.31 bits per heavy atom. The van der Waals surface area contributed by atoms with Gasteiger partial charge in [0.25, 0.3) is 0 Å². The second-order valence-electron chi connectivity index (χ2n) is 10.0. The van der Waals surface area contributed by atoms with Gasteiger partial charge in [-0.05, 0) is 60.9 Å². The number of benzene rings is 3. The van der Waals surface area contributed by atoms with Gasteiger partial charge in [-0.3, -0.25) is 4.98 Å². The van der Waals surface area contributed by atoms with Crippen molar-refractivity contribution < 1.29 is 4.42 Å². The summed E-state index contributed by atoms with van der Waals surface area (Å²) in [5, 5.41) is 4.52. The van der Waals surface area contributed by atoms with E-state index in [1.807, 2.05) is 24.5 Å². The number of fused-ring (bicyclic) bond motifs is 7. The molecule has 0 saturated heterocycles. The largest absolute Gasteiger partial charge is 0.454 e. The van der Waals surface area contributed by atoms with Crippen LogP contribution in [-0.2, 0) is 6.42 Å². The average molecular weight is 504 g/mol. The summed E-state index contributed by atoms with van der Waals surface area (Å²) in [6, 6.07) is 23.6. The van der Waals surface area contributed by atoms with Crippen LogP contribution in [0.25, 0.3) is 73.3 Å². The maximum atomic E-state index is 6.56. The molecule has 8 rings (SSSR count). The molecule has 3 aromatic carbocycles. The smallest absolute Gasteiger partial charge is 0.162 e. The van der Waals surface area contributed by atoms with Crippen LogP contribution in [0.5, 0.6) is 0 Å². The van der Waals surface area contributed by atoms with Crippen LogP contribution in [0.1, 0.15) is 28.9 Å². The second kappa shape index (κ2) is 8.20. The number of nitrogens with zero attached hydrogens (tertiary/aromatic N) is 3. The quantitative estimate of drug-likeness (QED) is 0.240. The predicted octanol–water partition coefficient (Wildman–Crippen LogP) is 9.11. The lowest BCUT2D eigenvalue weighted by atomic mass is 9.99. The number of rotatable bonds is 4. The van der Waals surface area contributed by atoms with Crippen LogP contribution in [-0.4, -0.2) is 14.1 Å². The predicted molar refractivity (Wildman–Crippen MR) is 163 cm³/mol. The topological polar surface area (TPSA) is 35.9 Å². The van der Waals surface area contributed by atoms with Crippen LogP contribution in [0.3, 0.4) is 0 Å². The van der Waals surface area contributed by atoms with E-state index in [2.05, 4.69) is 101 Å². The van der Waals surface area contributed by atoms with E-state index in [0.29, 0.717) is 0 Å². The molecule has 0 radical (unpaired) electrons. The van der Waals surface area contributed by atoms with E-state index < -0.39 is 0 Å². The Hall–Kier alpha value is -5.09. The van der Waals surface area contributed by atoms with Crippen LogP contribution < -0.4 is 0 Å². The lowest BCUT2D eigenvalue weighted by Crippen LogP contribution is -2.02. The molecule has 4 heteroatoms. The Kier molecular flexibility index (Phi) is 4.62. The van der Waals surface area contributed by atoms with Crippen molar-refractivity contribution >= 4 is 62.0 Å².